The maximum absolute atomic E-state index is 9.98. The lowest BCUT2D eigenvalue weighted by atomic mass is 10.1. The number of aryl methyl sites for hydroxylation is 1. The largest absolute Gasteiger partial charge is 0.508 e. The first-order valence-corrected chi connectivity index (χ1v) is 6.97. The Labute approximate surface area is 119 Å². The lowest BCUT2D eigenvalue weighted by Crippen LogP contribution is -2.22. The normalized spacial score (nSPS) is 12.2. The van der Waals surface area contributed by atoms with Gasteiger partial charge in [-0.25, -0.2) is 0 Å². The fraction of sp³-hybridized carbons (Fsp3) is 0.294. The van der Waals surface area contributed by atoms with Gasteiger partial charge in [0.1, 0.15) is 5.75 Å². The molecule has 0 fully saturated rings. The molecular formula is C17H21NO2. The molecule has 0 aromatic heterocycles. The van der Waals surface area contributed by atoms with Gasteiger partial charge in [-0.3, -0.25) is 0 Å². The van der Waals surface area contributed by atoms with E-state index >= 15 is 0 Å². The van der Waals surface area contributed by atoms with Gasteiger partial charge in [-0.2, -0.15) is 0 Å². The number of phenolic OH excluding ortho intramolecular Hbond substituents is 1. The van der Waals surface area contributed by atoms with Crippen LogP contribution in [0, 0.1) is 0 Å². The highest BCUT2D eigenvalue weighted by Crippen LogP contribution is 2.12. The molecule has 0 amide bonds. The van der Waals surface area contributed by atoms with E-state index in [4.69, 9.17) is 0 Å². The number of benzene rings is 2. The Balaban J connectivity index is 1.63. The van der Waals surface area contributed by atoms with Crippen LogP contribution in [-0.4, -0.2) is 23.3 Å². The number of rotatable bonds is 7. The predicted molar refractivity (Wildman–Crippen MR) is 80.7 cm³/mol. The number of aliphatic hydroxyl groups excluding tert-OH is 1. The molecule has 0 spiro atoms. The van der Waals surface area contributed by atoms with Gasteiger partial charge in [0.15, 0.2) is 0 Å². The molecule has 0 unspecified atom stereocenters. The molecule has 1 atom stereocenters. The van der Waals surface area contributed by atoms with Gasteiger partial charge in [0.25, 0.3) is 0 Å². The van der Waals surface area contributed by atoms with Crippen LogP contribution in [0.25, 0.3) is 0 Å². The lowest BCUT2D eigenvalue weighted by Gasteiger charge is -2.12. The van der Waals surface area contributed by atoms with Crippen LogP contribution in [0.3, 0.4) is 0 Å². The molecule has 2 aromatic rings. The fourth-order valence-electron chi connectivity index (χ4n) is 2.11. The van der Waals surface area contributed by atoms with Crippen LogP contribution in [0.4, 0.5) is 0 Å². The summed E-state index contributed by atoms with van der Waals surface area (Å²) in [6.45, 7) is 1.43. The number of nitrogens with one attached hydrogen (secondary N) is 1. The van der Waals surface area contributed by atoms with Crippen molar-refractivity contribution in [3.8, 4) is 5.75 Å². The number of phenols is 1. The van der Waals surface area contributed by atoms with Crippen molar-refractivity contribution in [1.29, 1.82) is 0 Å². The molecule has 0 saturated heterocycles. The molecule has 0 radical (unpaired) electrons. The smallest absolute Gasteiger partial charge is 0.115 e. The zero-order valence-corrected chi connectivity index (χ0v) is 11.5. The first-order chi connectivity index (χ1) is 9.75. The fourth-order valence-corrected chi connectivity index (χ4v) is 2.11. The van der Waals surface area contributed by atoms with E-state index in [1.807, 2.05) is 42.5 Å². The monoisotopic (exact) mass is 271 g/mol. The molecule has 3 heteroatoms. The summed E-state index contributed by atoms with van der Waals surface area (Å²) in [4.78, 5) is 0. The molecule has 0 bridgehead atoms. The van der Waals surface area contributed by atoms with Gasteiger partial charge in [-0.15, -0.1) is 0 Å². The van der Waals surface area contributed by atoms with Crippen LogP contribution < -0.4 is 5.32 Å². The minimum Gasteiger partial charge on any atom is -0.508 e. The Morgan fingerprint density at radius 1 is 0.950 bits per heavy atom. The quantitative estimate of drug-likeness (QED) is 0.679. The summed E-state index contributed by atoms with van der Waals surface area (Å²) >= 11 is 0. The molecular weight excluding hydrogens is 250 g/mol. The Bertz CT molecular complexity index is 496. The van der Waals surface area contributed by atoms with Gasteiger partial charge in [-0.05, 0) is 42.6 Å². The van der Waals surface area contributed by atoms with Crippen molar-refractivity contribution >= 4 is 0 Å². The maximum Gasteiger partial charge on any atom is 0.115 e. The molecule has 3 N–H and O–H groups in total. The van der Waals surface area contributed by atoms with E-state index in [2.05, 4.69) is 5.32 Å². The van der Waals surface area contributed by atoms with Crippen molar-refractivity contribution in [2.45, 2.75) is 18.9 Å². The molecule has 0 aliphatic heterocycles. The maximum atomic E-state index is 9.98. The minimum absolute atomic E-state index is 0.304. The van der Waals surface area contributed by atoms with E-state index in [1.54, 1.807) is 12.1 Å². The van der Waals surface area contributed by atoms with Crippen LogP contribution in [0.1, 0.15) is 23.7 Å². The molecule has 0 aliphatic carbocycles. The van der Waals surface area contributed by atoms with Gasteiger partial charge in [-0.1, -0.05) is 42.5 Å². The highest BCUT2D eigenvalue weighted by molar-refractivity contribution is 5.25. The number of hydrogen-bond donors (Lipinski definition) is 3. The van der Waals surface area contributed by atoms with E-state index in [0.29, 0.717) is 12.3 Å². The molecule has 2 aromatic carbocycles. The van der Waals surface area contributed by atoms with E-state index in [0.717, 1.165) is 24.9 Å². The molecule has 106 valence electrons. The van der Waals surface area contributed by atoms with Gasteiger partial charge < -0.3 is 15.5 Å². The van der Waals surface area contributed by atoms with Gasteiger partial charge in [0, 0.05) is 6.54 Å². The van der Waals surface area contributed by atoms with Crippen molar-refractivity contribution in [1.82, 2.24) is 5.32 Å². The minimum atomic E-state index is -0.454. The zero-order valence-electron chi connectivity index (χ0n) is 11.5. The number of aromatic hydroxyl groups is 1. The molecule has 20 heavy (non-hydrogen) atoms. The zero-order chi connectivity index (χ0) is 14.2. The van der Waals surface area contributed by atoms with Crippen LogP contribution in [0.2, 0.25) is 0 Å². The van der Waals surface area contributed by atoms with Crippen molar-refractivity contribution in [2.75, 3.05) is 13.1 Å². The summed E-state index contributed by atoms with van der Waals surface area (Å²) in [6.07, 6.45) is 1.52. The topological polar surface area (TPSA) is 52.5 Å². The molecule has 0 saturated carbocycles. The van der Waals surface area contributed by atoms with Gasteiger partial charge >= 0.3 is 0 Å². The van der Waals surface area contributed by atoms with Crippen LogP contribution in [0.5, 0.6) is 5.75 Å². The number of hydrogen-bond acceptors (Lipinski definition) is 3. The van der Waals surface area contributed by atoms with Crippen molar-refractivity contribution < 1.29 is 10.2 Å². The summed E-state index contributed by atoms with van der Waals surface area (Å²) < 4.78 is 0. The first-order valence-electron chi connectivity index (χ1n) is 6.97. The summed E-state index contributed by atoms with van der Waals surface area (Å²) in [5.41, 5.74) is 2.16. The highest BCUT2D eigenvalue weighted by Gasteiger charge is 2.05. The average molecular weight is 271 g/mol. The Morgan fingerprint density at radius 3 is 2.35 bits per heavy atom. The molecule has 2 rings (SSSR count). The standard InChI is InChI=1S/C17H21NO2/c19-16-10-8-14(9-11-16)5-4-12-18-13-17(20)15-6-2-1-3-7-15/h1-3,6-11,17-20H,4-5,12-13H2/t17-/m0/s1. The Hall–Kier alpha value is -1.84. The summed E-state index contributed by atoms with van der Waals surface area (Å²) in [7, 11) is 0. The third kappa shape index (κ3) is 4.68. The summed E-state index contributed by atoms with van der Waals surface area (Å²) in [6, 6.07) is 17.0. The number of aliphatic hydroxyl groups is 1. The summed E-state index contributed by atoms with van der Waals surface area (Å²) in [5.74, 6) is 0.304. The Morgan fingerprint density at radius 2 is 1.65 bits per heavy atom. The van der Waals surface area contributed by atoms with Crippen molar-refractivity contribution in [3.63, 3.8) is 0 Å². The third-order valence-electron chi connectivity index (χ3n) is 3.28. The van der Waals surface area contributed by atoms with Gasteiger partial charge in [0.2, 0.25) is 0 Å². The second kappa shape index (κ2) is 7.68. The van der Waals surface area contributed by atoms with Crippen molar-refractivity contribution in [3.05, 3.63) is 65.7 Å². The van der Waals surface area contributed by atoms with E-state index in [9.17, 15) is 10.2 Å². The third-order valence-corrected chi connectivity index (χ3v) is 3.28. The average Bonchev–Trinajstić information content (AvgIpc) is 2.49. The second-order valence-corrected chi connectivity index (χ2v) is 4.90. The molecule has 0 aliphatic rings. The second-order valence-electron chi connectivity index (χ2n) is 4.90. The predicted octanol–water partition coefficient (Wildman–Crippen LogP) is 2.65. The first kappa shape index (κ1) is 14.6. The summed E-state index contributed by atoms with van der Waals surface area (Å²) in [5, 5.41) is 22.4. The van der Waals surface area contributed by atoms with E-state index in [-0.39, 0.29) is 0 Å². The molecule has 3 nitrogen and oxygen atoms in total. The SMILES string of the molecule is Oc1ccc(CCCNC[C@H](O)c2ccccc2)cc1. The van der Waals surface area contributed by atoms with E-state index < -0.39 is 6.10 Å². The van der Waals surface area contributed by atoms with Gasteiger partial charge in [0.05, 0.1) is 6.10 Å². The van der Waals surface area contributed by atoms with Crippen LogP contribution in [-0.2, 0) is 6.42 Å². The van der Waals surface area contributed by atoms with E-state index in [1.165, 1.54) is 5.56 Å². The van der Waals surface area contributed by atoms with Crippen molar-refractivity contribution in [2.24, 2.45) is 0 Å². The van der Waals surface area contributed by atoms with Crippen LogP contribution >= 0.6 is 0 Å². The van der Waals surface area contributed by atoms with Crippen LogP contribution in [0.15, 0.2) is 54.6 Å². The molecule has 0 heterocycles. The Kier molecular flexibility index (Phi) is 5.59. The highest BCUT2D eigenvalue weighted by atomic mass is 16.3. The lowest BCUT2D eigenvalue weighted by molar-refractivity contribution is 0.175.